The zero-order valence-corrected chi connectivity index (χ0v) is 36.1. The van der Waals surface area contributed by atoms with Crippen molar-refractivity contribution >= 4 is 29.8 Å². The molecule has 0 aromatic heterocycles. The van der Waals surface area contributed by atoms with Crippen molar-refractivity contribution in [3.8, 4) is 0 Å². The molecule has 10 nitrogen and oxygen atoms in total. The molecule has 0 N–H and O–H groups in total. The van der Waals surface area contributed by atoms with Crippen LogP contribution in [0.3, 0.4) is 0 Å². The van der Waals surface area contributed by atoms with Crippen molar-refractivity contribution in [3.05, 3.63) is 0 Å². The number of cyclic esters (lactones) is 1. The number of carbonyl (C=O) groups is 5. The minimum absolute atomic E-state index is 0.0392. The van der Waals surface area contributed by atoms with Crippen molar-refractivity contribution in [3.63, 3.8) is 0 Å². The average Bonchev–Trinajstić information content (AvgIpc) is 3.75. The smallest absolute Gasteiger partial charge is 0.347 e. The van der Waals surface area contributed by atoms with Crippen LogP contribution < -0.4 is 0 Å². The van der Waals surface area contributed by atoms with Gasteiger partial charge in [0.05, 0.1) is 29.3 Å². The Bertz CT molecular complexity index is 1430. The first kappa shape index (κ1) is 44.1. The van der Waals surface area contributed by atoms with E-state index in [4.69, 9.17) is 23.7 Å². The summed E-state index contributed by atoms with van der Waals surface area (Å²) in [6.45, 7) is 30.3. The Balaban J connectivity index is 1.76. The zero-order valence-electron chi connectivity index (χ0n) is 36.1. The van der Waals surface area contributed by atoms with Gasteiger partial charge in [-0.15, -0.1) is 0 Å². The van der Waals surface area contributed by atoms with E-state index in [-0.39, 0.29) is 42.2 Å². The normalized spacial score (nSPS) is 29.9. The number of esters is 5. The van der Waals surface area contributed by atoms with Crippen molar-refractivity contribution in [2.75, 3.05) is 6.61 Å². The van der Waals surface area contributed by atoms with Crippen molar-refractivity contribution in [1.82, 2.24) is 0 Å². The first-order valence-corrected chi connectivity index (χ1v) is 20.7. The molecule has 0 bridgehead atoms. The van der Waals surface area contributed by atoms with Gasteiger partial charge in [0.25, 0.3) is 0 Å². The number of fused-ring (bicyclic) bond motifs is 1. The van der Waals surface area contributed by atoms with Gasteiger partial charge in [-0.2, -0.15) is 0 Å². The fraction of sp³-hybridized carbons (Fsp3) is 0.886. The van der Waals surface area contributed by atoms with Crippen LogP contribution in [0.4, 0.5) is 0 Å². The van der Waals surface area contributed by atoms with E-state index in [9.17, 15) is 24.0 Å². The molecular weight excluding hydrogens is 688 g/mol. The summed E-state index contributed by atoms with van der Waals surface area (Å²) >= 11 is 0. The van der Waals surface area contributed by atoms with Crippen molar-refractivity contribution < 1.29 is 47.7 Å². The molecular formula is C44H72O10. The summed E-state index contributed by atoms with van der Waals surface area (Å²) in [7, 11) is 0. The largest absolute Gasteiger partial charge is 0.463 e. The number of carbonyl (C=O) groups excluding carboxylic acids is 5. The Morgan fingerprint density at radius 3 is 1.94 bits per heavy atom. The van der Waals surface area contributed by atoms with Gasteiger partial charge < -0.3 is 23.7 Å². The molecule has 0 aromatic carbocycles. The molecule has 2 saturated carbocycles. The van der Waals surface area contributed by atoms with E-state index in [1.807, 2.05) is 76.2 Å². The van der Waals surface area contributed by atoms with Gasteiger partial charge in [0.2, 0.25) is 6.10 Å². The summed E-state index contributed by atoms with van der Waals surface area (Å²) < 4.78 is 29.6. The van der Waals surface area contributed by atoms with Gasteiger partial charge in [-0.3, -0.25) is 19.2 Å². The molecule has 4 rings (SSSR count). The van der Waals surface area contributed by atoms with Crippen LogP contribution in [0, 0.1) is 62.6 Å². The minimum atomic E-state index is -1.33. The Hall–Kier alpha value is -2.65. The highest BCUT2D eigenvalue weighted by atomic mass is 16.6. The summed E-state index contributed by atoms with van der Waals surface area (Å²) in [5, 5.41) is 0. The fourth-order valence-electron chi connectivity index (χ4n) is 10.7. The molecule has 308 valence electrons. The van der Waals surface area contributed by atoms with E-state index >= 15 is 0 Å². The minimum Gasteiger partial charge on any atom is -0.463 e. The van der Waals surface area contributed by atoms with Crippen LogP contribution in [0.1, 0.15) is 155 Å². The van der Waals surface area contributed by atoms with Crippen LogP contribution in [-0.4, -0.2) is 60.4 Å². The molecule has 4 aliphatic rings. The molecule has 0 amide bonds. The van der Waals surface area contributed by atoms with Gasteiger partial charge in [0.1, 0.15) is 17.8 Å². The lowest BCUT2D eigenvalue weighted by atomic mass is 9.47. The predicted octanol–water partition coefficient (Wildman–Crippen LogP) is 8.65. The lowest BCUT2D eigenvalue weighted by Gasteiger charge is -2.56. The molecule has 2 aliphatic carbocycles. The van der Waals surface area contributed by atoms with Gasteiger partial charge in [0, 0.05) is 12.3 Å². The SMILES string of the molecule is CCC1(OC(=O)C(C)(CC(C)(C)C)C(C)C(C)(C)C(C)(C(=O)OC2CCOC2=O)C(C)C(C)C(C(=O)OC2CC3C(C)C(=O)OC23)C(C)(C)C)CCCC1. The second kappa shape index (κ2) is 15.4. The van der Waals surface area contributed by atoms with E-state index in [1.54, 1.807) is 0 Å². The van der Waals surface area contributed by atoms with E-state index < -0.39 is 87.2 Å². The quantitative estimate of drug-likeness (QED) is 0.125. The highest BCUT2D eigenvalue weighted by molar-refractivity contribution is 5.84. The summed E-state index contributed by atoms with van der Waals surface area (Å²) in [4.78, 5) is 69.0. The summed E-state index contributed by atoms with van der Waals surface area (Å²) in [6.07, 6.45) is 3.81. The van der Waals surface area contributed by atoms with Crippen molar-refractivity contribution in [2.45, 2.75) is 179 Å². The highest BCUT2D eigenvalue weighted by Gasteiger charge is 2.63. The standard InChI is InChI=1S/C44H72O10/c1-16-44(20-17-18-21-44)54-37(48)42(14,24-39(6,7)8)28(5)41(12,13)43(15,38(49)52-30-19-22-50-35(30)46)27(4)25(2)32(40(9,10)11)36(47)51-31-23-29-26(3)34(45)53-33(29)31/h25-33H,16-24H2,1-15H3. The van der Waals surface area contributed by atoms with E-state index in [1.165, 1.54) is 0 Å². The predicted molar refractivity (Wildman–Crippen MR) is 205 cm³/mol. The summed E-state index contributed by atoms with van der Waals surface area (Å²) in [6, 6.07) is 0. The molecule has 54 heavy (non-hydrogen) atoms. The maximum Gasteiger partial charge on any atom is 0.347 e. The molecule has 2 heterocycles. The van der Waals surface area contributed by atoms with E-state index in [2.05, 4.69) is 27.7 Å². The molecule has 2 aliphatic heterocycles. The van der Waals surface area contributed by atoms with Gasteiger partial charge in [-0.05, 0) is 92.8 Å². The Kier molecular flexibility index (Phi) is 12.5. The van der Waals surface area contributed by atoms with Gasteiger partial charge in [-0.25, -0.2) is 4.79 Å². The first-order chi connectivity index (χ1) is 24.7. The molecule has 11 unspecified atom stereocenters. The molecule has 2 saturated heterocycles. The molecule has 0 spiro atoms. The van der Waals surface area contributed by atoms with Crippen LogP contribution in [-0.2, 0) is 47.7 Å². The van der Waals surface area contributed by atoms with Crippen LogP contribution in [0.25, 0.3) is 0 Å². The third-order valence-electron chi connectivity index (χ3n) is 15.0. The molecule has 4 fully saturated rings. The monoisotopic (exact) mass is 761 g/mol. The van der Waals surface area contributed by atoms with Crippen LogP contribution in [0.15, 0.2) is 0 Å². The van der Waals surface area contributed by atoms with Crippen LogP contribution >= 0.6 is 0 Å². The van der Waals surface area contributed by atoms with E-state index in [0.29, 0.717) is 12.8 Å². The number of rotatable bonds is 14. The third-order valence-corrected chi connectivity index (χ3v) is 15.0. The molecule has 10 heteroatoms. The maximum absolute atomic E-state index is 15.0. The zero-order chi connectivity index (χ0) is 41.0. The lowest BCUT2D eigenvalue weighted by Crippen LogP contribution is -2.59. The molecule has 11 atom stereocenters. The second-order valence-corrected chi connectivity index (χ2v) is 20.8. The summed E-state index contributed by atoms with van der Waals surface area (Å²) in [5.41, 5.74) is -4.63. The third kappa shape index (κ3) is 8.10. The average molecular weight is 761 g/mol. The van der Waals surface area contributed by atoms with E-state index in [0.717, 1.165) is 32.1 Å². The maximum atomic E-state index is 15.0. The molecule has 0 radical (unpaired) electrons. The number of ether oxygens (including phenoxy) is 5. The topological polar surface area (TPSA) is 132 Å². The number of hydrogen-bond donors (Lipinski definition) is 0. The van der Waals surface area contributed by atoms with Gasteiger partial charge in [0.15, 0.2) is 0 Å². The van der Waals surface area contributed by atoms with Crippen LogP contribution in [0.5, 0.6) is 0 Å². The fourth-order valence-corrected chi connectivity index (χ4v) is 10.7. The van der Waals surface area contributed by atoms with Crippen molar-refractivity contribution in [1.29, 1.82) is 0 Å². The van der Waals surface area contributed by atoms with Gasteiger partial charge in [-0.1, -0.05) is 90.0 Å². The van der Waals surface area contributed by atoms with Crippen LogP contribution in [0.2, 0.25) is 0 Å². The summed E-state index contributed by atoms with van der Waals surface area (Å²) in [5.74, 6) is -4.26. The second-order valence-electron chi connectivity index (χ2n) is 20.8. The number of hydrogen-bond acceptors (Lipinski definition) is 10. The molecule has 0 aromatic rings. The Morgan fingerprint density at radius 2 is 1.46 bits per heavy atom. The van der Waals surface area contributed by atoms with Crippen molar-refractivity contribution in [2.24, 2.45) is 62.6 Å². The first-order valence-electron chi connectivity index (χ1n) is 20.7. The lowest BCUT2D eigenvalue weighted by molar-refractivity contribution is -0.200. The Labute approximate surface area is 325 Å². The van der Waals surface area contributed by atoms with Gasteiger partial charge >= 0.3 is 29.8 Å². The Morgan fingerprint density at radius 1 is 0.870 bits per heavy atom. The highest BCUT2D eigenvalue weighted by Crippen LogP contribution is 2.60.